The van der Waals surface area contributed by atoms with Crippen LogP contribution in [0.2, 0.25) is 0 Å². The molecule has 0 amide bonds. The molecule has 66 valence electrons. The normalized spacial score (nSPS) is 12.6. The van der Waals surface area contributed by atoms with Gasteiger partial charge in [0, 0.05) is 0 Å². The van der Waals surface area contributed by atoms with Crippen LogP contribution < -0.4 is 11.5 Å². The highest BCUT2D eigenvalue weighted by atomic mass is 35.5. The molecule has 0 fully saturated rings. The van der Waals surface area contributed by atoms with Crippen LogP contribution in [0.1, 0.15) is 19.3 Å². The van der Waals surface area contributed by atoms with Gasteiger partial charge in [0.2, 0.25) is 0 Å². The van der Waals surface area contributed by atoms with Crippen LogP contribution in [-0.4, -0.2) is 18.6 Å². The molecule has 0 aliphatic heterocycles. The molecule has 1 atom stereocenters. The summed E-state index contributed by atoms with van der Waals surface area (Å²) in [5.41, 5.74) is 10.6. The standard InChI is InChI=1S/C6H13ClN2O2/c7-11-6(10)5(9)3-1-2-4-8/h5H,1-4,8-9H2/t5-/m0/s1. The van der Waals surface area contributed by atoms with E-state index in [9.17, 15) is 4.79 Å². The predicted molar refractivity (Wildman–Crippen MR) is 42.8 cm³/mol. The molecule has 0 aromatic carbocycles. The fraction of sp³-hybridized carbons (Fsp3) is 0.833. The fourth-order valence-electron chi connectivity index (χ4n) is 0.684. The first-order chi connectivity index (χ1) is 5.22. The molecular formula is C6H13ClN2O2. The second-order valence-corrected chi connectivity index (χ2v) is 2.44. The van der Waals surface area contributed by atoms with Crippen LogP contribution in [0.4, 0.5) is 0 Å². The minimum Gasteiger partial charge on any atom is -0.346 e. The molecule has 0 rings (SSSR count). The Morgan fingerprint density at radius 2 is 2.18 bits per heavy atom. The van der Waals surface area contributed by atoms with Crippen molar-refractivity contribution in [3.05, 3.63) is 0 Å². The number of carbonyl (C=O) groups excluding carboxylic acids is 1. The maximum absolute atomic E-state index is 10.6. The third-order valence-corrected chi connectivity index (χ3v) is 1.50. The maximum atomic E-state index is 10.6. The van der Waals surface area contributed by atoms with Gasteiger partial charge in [0.15, 0.2) is 0 Å². The summed E-state index contributed by atoms with van der Waals surface area (Å²) in [5.74, 6) is -0.580. The topological polar surface area (TPSA) is 78.3 Å². The van der Waals surface area contributed by atoms with E-state index in [4.69, 9.17) is 23.3 Å². The van der Waals surface area contributed by atoms with Crippen LogP contribution in [-0.2, 0) is 9.08 Å². The molecule has 0 aromatic rings. The lowest BCUT2D eigenvalue weighted by molar-refractivity contribution is -0.135. The molecule has 5 heteroatoms. The van der Waals surface area contributed by atoms with E-state index in [2.05, 4.69) is 4.29 Å². The van der Waals surface area contributed by atoms with E-state index in [1.807, 2.05) is 0 Å². The van der Waals surface area contributed by atoms with Crippen LogP contribution >= 0.6 is 11.9 Å². The third-order valence-electron chi connectivity index (χ3n) is 1.35. The lowest BCUT2D eigenvalue weighted by atomic mass is 10.1. The minimum atomic E-state index is -0.612. The molecule has 0 bridgehead atoms. The molecule has 0 aliphatic rings. The van der Waals surface area contributed by atoms with Crippen molar-refractivity contribution in [2.45, 2.75) is 25.3 Å². The summed E-state index contributed by atoms with van der Waals surface area (Å²) in [4.78, 5) is 10.6. The van der Waals surface area contributed by atoms with Crippen molar-refractivity contribution in [1.29, 1.82) is 0 Å². The number of halogens is 1. The van der Waals surface area contributed by atoms with Crippen molar-refractivity contribution in [3.63, 3.8) is 0 Å². The van der Waals surface area contributed by atoms with Crippen molar-refractivity contribution >= 4 is 17.8 Å². The van der Waals surface area contributed by atoms with Gasteiger partial charge in [0.1, 0.15) is 17.9 Å². The summed E-state index contributed by atoms with van der Waals surface area (Å²) in [7, 11) is 0. The zero-order valence-corrected chi connectivity index (χ0v) is 7.01. The van der Waals surface area contributed by atoms with E-state index < -0.39 is 12.0 Å². The fourth-order valence-corrected chi connectivity index (χ4v) is 0.798. The molecule has 0 radical (unpaired) electrons. The smallest absolute Gasteiger partial charge is 0.341 e. The van der Waals surface area contributed by atoms with Gasteiger partial charge in [0.05, 0.1) is 0 Å². The lowest BCUT2D eigenvalue weighted by Gasteiger charge is -2.05. The Morgan fingerprint density at radius 1 is 1.55 bits per heavy atom. The van der Waals surface area contributed by atoms with Gasteiger partial charge in [-0.15, -0.1) is 0 Å². The zero-order chi connectivity index (χ0) is 8.69. The molecule has 4 N–H and O–H groups in total. The second-order valence-electron chi connectivity index (χ2n) is 2.29. The minimum absolute atomic E-state index is 0.572. The van der Waals surface area contributed by atoms with Gasteiger partial charge in [-0.05, 0) is 19.4 Å². The van der Waals surface area contributed by atoms with Gasteiger partial charge >= 0.3 is 5.97 Å². The van der Waals surface area contributed by atoms with Crippen molar-refractivity contribution in [2.24, 2.45) is 11.5 Å². The van der Waals surface area contributed by atoms with Gasteiger partial charge in [-0.25, -0.2) is 4.79 Å². The third kappa shape index (κ3) is 5.01. The number of unbranched alkanes of at least 4 members (excludes halogenated alkanes) is 1. The molecule has 4 nitrogen and oxygen atoms in total. The van der Waals surface area contributed by atoms with Crippen LogP contribution in [0, 0.1) is 0 Å². The first-order valence-electron chi connectivity index (χ1n) is 3.50. The van der Waals surface area contributed by atoms with Crippen LogP contribution in [0.15, 0.2) is 0 Å². The van der Waals surface area contributed by atoms with Gasteiger partial charge in [-0.1, -0.05) is 6.42 Å². The maximum Gasteiger partial charge on any atom is 0.341 e. The van der Waals surface area contributed by atoms with Crippen molar-refractivity contribution in [2.75, 3.05) is 6.54 Å². The quantitative estimate of drug-likeness (QED) is 0.590. The summed E-state index contributed by atoms with van der Waals surface area (Å²) >= 11 is 4.81. The van der Waals surface area contributed by atoms with Crippen LogP contribution in [0.5, 0.6) is 0 Å². The van der Waals surface area contributed by atoms with Crippen molar-refractivity contribution in [3.8, 4) is 0 Å². The largest absolute Gasteiger partial charge is 0.346 e. The highest BCUT2D eigenvalue weighted by Crippen LogP contribution is 2.00. The summed E-state index contributed by atoms with van der Waals surface area (Å²) in [5, 5.41) is 0. The first kappa shape index (κ1) is 10.7. The van der Waals surface area contributed by atoms with E-state index in [1.54, 1.807) is 0 Å². The molecule has 0 aliphatic carbocycles. The zero-order valence-electron chi connectivity index (χ0n) is 6.25. The number of carbonyl (C=O) groups is 1. The molecule has 0 spiro atoms. The van der Waals surface area contributed by atoms with E-state index >= 15 is 0 Å². The van der Waals surface area contributed by atoms with Crippen molar-refractivity contribution < 1.29 is 9.08 Å². The Hall–Kier alpha value is -0.320. The Kier molecular flexibility index (Phi) is 6.21. The Bertz CT molecular complexity index is 121. The van der Waals surface area contributed by atoms with Crippen molar-refractivity contribution in [1.82, 2.24) is 0 Å². The molecule has 0 saturated carbocycles. The number of rotatable bonds is 5. The number of nitrogens with two attached hydrogens (primary N) is 2. The van der Waals surface area contributed by atoms with E-state index in [-0.39, 0.29) is 0 Å². The molecule has 11 heavy (non-hydrogen) atoms. The van der Waals surface area contributed by atoms with E-state index in [0.29, 0.717) is 13.0 Å². The molecule has 0 saturated heterocycles. The van der Waals surface area contributed by atoms with Gasteiger partial charge in [0.25, 0.3) is 0 Å². The molecule has 0 aromatic heterocycles. The Balaban J connectivity index is 3.36. The average Bonchev–Trinajstić information content (AvgIpc) is 2.03. The monoisotopic (exact) mass is 180 g/mol. The highest BCUT2D eigenvalue weighted by molar-refractivity contribution is 6.13. The number of hydrogen-bond donors (Lipinski definition) is 2. The Morgan fingerprint density at radius 3 is 2.64 bits per heavy atom. The molecule has 0 unspecified atom stereocenters. The average molecular weight is 181 g/mol. The molecular weight excluding hydrogens is 168 g/mol. The van der Waals surface area contributed by atoms with Crippen LogP contribution in [0.3, 0.4) is 0 Å². The summed E-state index contributed by atoms with van der Waals surface area (Å²) in [6, 6.07) is -0.612. The summed E-state index contributed by atoms with van der Waals surface area (Å²) < 4.78 is 3.92. The predicted octanol–water partition coefficient (Wildman–Crippen LogP) is 0.140. The first-order valence-corrected chi connectivity index (χ1v) is 3.81. The van der Waals surface area contributed by atoms with Gasteiger partial charge in [-0.3, -0.25) is 0 Å². The van der Waals surface area contributed by atoms with E-state index in [0.717, 1.165) is 12.8 Å². The lowest BCUT2D eigenvalue weighted by Crippen LogP contribution is -2.30. The SMILES string of the molecule is NCCCC[C@H](N)C(=O)OCl. The summed E-state index contributed by atoms with van der Waals surface area (Å²) in [6.07, 6.45) is 2.26. The van der Waals surface area contributed by atoms with Gasteiger partial charge < -0.3 is 15.8 Å². The number of hydrogen-bond acceptors (Lipinski definition) is 4. The molecule has 0 heterocycles. The second kappa shape index (κ2) is 6.39. The highest BCUT2D eigenvalue weighted by Gasteiger charge is 2.13. The van der Waals surface area contributed by atoms with Crippen LogP contribution in [0.25, 0.3) is 0 Å². The summed E-state index contributed by atoms with van der Waals surface area (Å²) in [6.45, 7) is 0.614. The van der Waals surface area contributed by atoms with Gasteiger partial charge in [-0.2, -0.15) is 0 Å². The Labute approximate surface area is 71.0 Å². The van der Waals surface area contributed by atoms with E-state index in [1.165, 1.54) is 0 Å².